The van der Waals surface area contributed by atoms with Crippen molar-refractivity contribution in [2.45, 2.75) is 24.9 Å². The zero-order valence-electron chi connectivity index (χ0n) is 9.27. The first-order valence-electron chi connectivity index (χ1n) is 5.40. The van der Waals surface area contributed by atoms with Gasteiger partial charge in [0.05, 0.1) is 7.11 Å². The van der Waals surface area contributed by atoms with Gasteiger partial charge in [-0.15, -0.1) is 0 Å². The van der Waals surface area contributed by atoms with Crippen LogP contribution in [-0.2, 0) is 4.79 Å². The van der Waals surface area contributed by atoms with Crippen LogP contribution < -0.4 is 15.8 Å². The summed E-state index contributed by atoms with van der Waals surface area (Å²) in [6.07, 6.45) is 2.22. The molecule has 0 aliphatic heterocycles. The van der Waals surface area contributed by atoms with E-state index >= 15 is 0 Å². The fourth-order valence-corrected chi connectivity index (χ4v) is 1.72. The monoisotopic (exact) mass is 220 g/mol. The molecule has 0 spiro atoms. The minimum atomic E-state index is -0.455. The highest BCUT2D eigenvalue weighted by molar-refractivity contribution is 5.82. The summed E-state index contributed by atoms with van der Waals surface area (Å²) in [6.45, 7) is 0. The second kappa shape index (κ2) is 4.53. The summed E-state index contributed by atoms with van der Waals surface area (Å²) in [5, 5.41) is 3.23. The molecule has 1 fully saturated rings. The van der Waals surface area contributed by atoms with Crippen LogP contribution >= 0.6 is 0 Å². The Morgan fingerprint density at radius 2 is 2.19 bits per heavy atom. The van der Waals surface area contributed by atoms with Gasteiger partial charge in [-0.1, -0.05) is 18.2 Å². The molecule has 0 saturated heterocycles. The van der Waals surface area contributed by atoms with E-state index in [1.807, 2.05) is 24.3 Å². The summed E-state index contributed by atoms with van der Waals surface area (Å²) < 4.78 is 5.23. The van der Waals surface area contributed by atoms with Gasteiger partial charge in [0.2, 0.25) is 5.91 Å². The Bertz CT molecular complexity index is 388. The van der Waals surface area contributed by atoms with E-state index in [1.165, 1.54) is 0 Å². The first-order chi connectivity index (χ1) is 7.72. The Morgan fingerprint density at radius 1 is 1.50 bits per heavy atom. The van der Waals surface area contributed by atoms with E-state index in [0.717, 1.165) is 18.4 Å². The number of benzene rings is 1. The third-order valence-corrected chi connectivity index (χ3v) is 2.71. The first-order valence-corrected chi connectivity index (χ1v) is 5.40. The SMILES string of the molecule is COc1ccccc1C(NC1CC1)C(N)=O. The molecule has 1 amide bonds. The van der Waals surface area contributed by atoms with Gasteiger partial charge in [-0.2, -0.15) is 0 Å². The fourth-order valence-electron chi connectivity index (χ4n) is 1.72. The average Bonchev–Trinajstić information content (AvgIpc) is 3.09. The lowest BCUT2D eigenvalue weighted by Crippen LogP contribution is -2.35. The highest BCUT2D eigenvalue weighted by Gasteiger charge is 2.29. The van der Waals surface area contributed by atoms with Crippen LogP contribution in [0.5, 0.6) is 5.75 Å². The first kappa shape index (κ1) is 11.0. The Morgan fingerprint density at radius 3 is 2.75 bits per heavy atom. The molecule has 1 aromatic rings. The zero-order chi connectivity index (χ0) is 11.5. The number of methoxy groups -OCH3 is 1. The number of nitrogens with two attached hydrogens (primary N) is 1. The Hall–Kier alpha value is -1.55. The number of hydrogen-bond acceptors (Lipinski definition) is 3. The van der Waals surface area contributed by atoms with Crippen molar-refractivity contribution < 1.29 is 9.53 Å². The van der Waals surface area contributed by atoms with Gasteiger partial charge in [0.15, 0.2) is 0 Å². The lowest BCUT2D eigenvalue weighted by molar-refractivity contribution is -0.120. The third-order valence-electron chi connectivity index (χ3n) is 2.71. The number of carbonyl (C=O) groups is 1. The third kappa shape index (κ3) is 2.33. The Balaban J connectivity index is 2.25. The smallest absolute Gasteiger partial charge is 0.239 e. The maximum Gasteiger partial charge on any atom is 0.239 e. The quantitative estimate of drug-likeness (QED) is 0.777. The highest BCUT2D eigenvalue weighted by Crippen LogP contribution is 2.28. The van der Waals surface area contributed by atoms with E-state index in [1.54, 1.807) is 7.11 Å². The molecule has 86 valence electrons. The largest absolute Gasteiger partial charge is 0.496 e. The summed E-state index contributed by atoms with van der Waals surface area (Å²) in [5.41, 5.74) is 6.22. The predicted molar refractivity (Wildman–Crippen MR) is 61.1 cm³/mol. The summed E-state index contributed by atoms with van der Waals surface area (Å²) in [6, 6.07) is 7.41. The molecule has 1 saturated carbocycles. The van der Waals surface area contributed by atoms with Gasteiger partial charge in [-0.3, -0.25) is 10.1 Å². The Kier molecular flexibility index (Phi) is 3.10. The van der Waals surface area contributed by atoms with Crippen molar-refractivity contribution in [3.63, 3.8) is 0 Å². The standard InChI is InChI=1S/C12H16N2O2/c1-16-10-5-3-2-4-9(10)11(12(13)15)14-8-6-7-8/h2-5,8,11,14H,6-7H2,1H3,(H2,13,15). The van der Waals surface area contributed by atoms with Crippen LogP contribution in [0.2, 0.25) is 0 Å². The van der Waals surface area contributed by atoms with E-state index in [4.69, 9.17) is 10.5 Å². The van der Waals surface area contributed by atoms with Crippen LogP contribution in [0, 0.1) is 0 Å². The van der Waals surface area contributed by atoms with Crippen molar-refractivity contribution in [3.05, 3.63) is 29.8 Å². The van der Waals surface area contributed by atoms with Crippen molar-refractivity contribution in [2.75, 3.05) is 7.11 Å². The summed E-state index contributed by atoms with van der Waals surface area (Å²) in [4.78, 5) is 11.4. The summed E-state index contributed by atoms with van der Waals surface area (Å²) in [7, 11) is 1.59. The van der Waals surface area contributed by atoms with Gasteiger partial charge < -0.3 is 10.5 Å². The molecule has 0 radical (unpaired) electrons. The van der Waals surface area contributed by atoms with Crippen molar-refractivity contribution in [1.29, 1.82) is 0 Å². The molecule has 16 heavy (non-hydrogen) atoms. The minimum Gasteiger partial charge on any atom is -0.496 e. The molecule has 1 aromatic carbocycles. The molecule has 0 heterocycles. The van der Waals surface area contributed by atoms with E-state index in [9.17, 15) is 4.79 Å². The van der Waals surface area contributed by atoms with Gasteiger partial charge in [0.1, 0.15) is 11.8 Å². The molecular weight excluding hydrogens is 204 g/mol. The van der Waals surface area contributed by atoms with Crippen LogP contribution in [0.15, 0.2) is 24.3 Å². The molecular formula is C12H16N2O2. The van der Waals surface area contributed by atoms with Crippen molar-refractivity contribution >= 4 is 5.91 Å². The molecule has 1 aliphatic carbocycles. The highest BCUT2D eigenvalue weighted by atomic mass is 16.5. The molecule has 4 heteroatoms. The molecule has 0 bridgehead atoms. The maximum absolute atomic E-state index is 11.4. The fraction of sp³-hybridized carbons (Fsp3) is 0.417. The summed E-state index contributed by atoms with van der Waals surface area (Å²) in [5.74, 6) is 0.329. The second-order valence-electron chi connectivity index (χ2n) is 4.02. The molecule has 1 atom stereocenters. The van der Waals surface area contributed by atoms with Crippen LogP contribution in [0.25, 0.3) is 0 Å². The number of amides is 1. The van der Waals surface area contributed by atoms with Crippen molar-refractivity contribution in [1.82, 2.24) is 5.32 Å². The number of primary amides is 1. The number of ether oxygens (including phenoxy) is 1. The van der Waals surface area contributed by atoms with Crippen LogP contribution in [0.3, 0.4) is 0 Å². The number of carbonyl (C=O) groups excluding carboxylic acids is 1. The molecule has 3 N–H and O–H groups in total. The molecule has 0 aromatic heterocycles. The Labute approximate surface area is 94.8 Å². The van der Waals surface area contributed by atoms with E-state index in [-0.39, 0.29) is 5.91 Å². The van der Waals surface area contributed by atoms with E-state index in [2.05, 4.69) is 5.32 Å². The number of rotatable bonds is 5. The normalized spacial score (nSPS) is 16.8. The zero-order valence-corrected chi connectivity index (χ0v) is 9.27. The van der Waals surface area contributed by atoms with Crippen molar-refractivity contribution in [2.24, 2.45) is 5.73 Å². The van der Waals surface area contributed by atoms with Crippen molar-refractivity contribution in [3.8, 4) is 5.75 Å². The second-order valence-corrected chi connectivity index (χ2v) is 4.02. The molecule has 4 nitrogen and oxygen atoms in total. The maximum atomic E-state index is 11.4. The van der Waals surface area contributed by atoms with Crippen LogP contribution in [0.4, 0.5) is 0 Å². The molecule has 1 unspecified atom stereocenters. The van der Waals surface area contributed by atoms with Gasteiger partial charge in [-0.25, -0.2) is 0 Å². The topological polar surface area (TPSA) is 64.3 Å². The average molecular weight is 220 g/mol. The molecule has 2 rings (SSSR count). The number of hydrogen-bond donors (Lipinski definition) is 2. The number of nitrogens with one attached hydrogen (secondary N) is 1. The minimum absolute atomic E-state index is 0.364. The van der Waals surface area contributed by atoms with Gasteiger partial charge in [0, 0.05) is 11.6 Å². The van der Waals surface area contributed by atoms with Gasteiger partial charge in [0.25, 0.3) is 0 Å². The van der Waals surface area contributed by atoms with Crippen LogP contribution in [-0.4, -0.2) is 19.1 Å². The molecule has 1 aliphatic rings. The van der Waals surface area contributed by atoms with Crippen LogP contribution in [0.1, 0.15) is 24.4 Å². The van der Waals surface area contributed by atoms with E-state index in [0.29, 0.717) is 11.8 Å². The summed E-state index contributed by atoms with van der Waals surface area (Å²) >= 11 is 0. The lowest BCUT2D eigenvalue weighted by atomic mass is 10.1. The predicted octanol–water partition coefficient (Wildman–Crippen LogP) is 0.974. The lowest BCUT2D eigenvalue weighted by Gasteiger charge is -2.17. The van der Waals surface area contributed by atoms with Gasteiger partial charge >= 0.3 is 0 Å². The number of para-hydroxylation sites is 1. The van der Waals surface area contributed by atoms with Gasteiger partial charge in [-0.05, 0) is 18.9 Å². The van der Waals surface area contributed by atoms with E-state index < -0.39 is 6.04 Å².